The summed E-state index contributed by atoms with van der Waals surface area (Å²) in [4.78, 5) is 1.28. The molecule has 0 aromatic heterocycles. The Balaban J connectivity index is 1.95. The summed E-state index contributed by atoms with van der Waals surface area (Å²) in [5.74, 6) is 0. The summed E-state index contributed by atoms with van der Waals surface area (Å²) in [6, 6.07) is 18.1. The molecule has 1 N–H and O–H groups in total. The predicted molar refractivity (Wildman–Crippen MR) is 76.7 cm³/mol. The fraction of sp³-hybridized carbons (Fsp3) is 0.133. The number of hydrogen-bond acceptors (Lipinski definition) is 3. The predicted octanol–water partition coefficient (Wildman–Crippen LogP) is 3.89. The Morgan fingerprint density at radius 1 is 1.06 bits per heavy atom. The summed E-state index contributed by atoms with van der Waals surface area (Å²) in [7, 11) is 0. The van der Waals surface area contributed by atoms with E-state index in [9.17, 15) is 0 Å². The molecule has 0 heterocycles. The van der Waals surface area contributed by atoms with Crippen molar-refractivity contribution in [2.24, 2.45) is 0 Å². The van der Waals surface area contributed by atoms with E-state index in [0.29, 0.717) is 5.56 Å². The zero-order valence-corrected chi connectivity index (χ0v) is 11.0. The molecule has 0 aliphatic carbocycles. The van der Waals surface area contributed by atoms with Crippen molar-refractivity contribution in [2.75, 3.05) is 11.6 Å². The molecule has 0 bridgehead atoms. The second-order valence-corrected chi connectivity index (χ2v) is 4.77. The van der Waals surface area contributed by atoms with E-state index >= 15 is 0 Å². The van der Waals surface area contributed by atoms with Crippen LogP contribution in [0.25, 0.3) is 0 Å². The molecular weight excluding hydrogens is 240 g/mol. The number of nitrogens with one attached hydrogen (secondary N) is 1. The minimum absolute atomic E-state index is 0.685. The van der Waals surface area contributed by atoms with E-state index in [1.807, 2.05) is 24.3 Å². The van der Waals surface area contributed by atoms with Crippen molar-refractivity contribution in [1.82, 2.24) is 0 Å². The van der Waals surface area contributed by atoms with E-state index in [1.165, 1.54) is 10.5 Å². The van der Waals surface area contributed by atoms with Gasteiger partial charge in [0.15, 0.2) is 0 Å². The molecule has 0 atom stereocenters. The van der Waals surface area contributed by atoms with E-state index < -0.39 is 0 Å². The number of hydrogen-bond donors (Lipinski definition) is 1. The molecule has 90 valence electrons. The molecule has 18 heavy (non-hydrogen) atoms. The van der Waals surface area contributed by atoms with Crippen LogP contribution in [0.5, 0.6) is 0 Å². The van der Waals surface area contributed by atoms with Gasteiger partial charge in [0.25, 0.3) is 0 Å². The second kappa shape index (κ2) is 6.13. The molecule has 0 unspecified atom stereocenters. The summed E-state index contributed by atoms with van der Waals surface area (Å²) in [6.45, 7) is 0.792. The highest BCUT2D eigenvalue weighted by Crippen LogP contribution is 2.16. The van der Waals surface area contributed by atoms with Crippen molar-refractivity contribution in [2.45, 2.75) is 11.4 Å². The Morgan fingerprint density at radius 3 is 2.28 bits per heavy atom. The van der Waals surface area contributed by atoms with E-state index in [0.717, 1.165) is 12.2 Å². The first-order chi connectivity index (χ1) is 8.81. The average Bonchev–Trinajstić information content (AvgIpc) is 2.46. The molecule has 0 saturated heterocycles. The van der Waals surface area contributed by atoms with Crippen molar-refractivity contribution >= 4 is 17.4 Å². The highest BCUT2D eigenvalue weighted by atomic mass is 32.2. The minimum Gasteiger partial charge on any atom is -0.381 e. The van der Waals surface area contributed by atoms with Crippen LogP contribution in [0.1, 0.15) is 11.1 Å². The van der Waals surface area contributed by atoms with Crippen molar-refractivity contribution < 1.29 is 0 Å². The quantitative estimate of drug-likeness (QED) is 0.841. The molecule has 2 aromatic rings. The molecule has 2 rings (SSSR count). The largest absolute Gasteiger partial charge is 0.381 e. The van der Waals surface area contributed by atoms with Gasteiger partial charge in [0.2, 0.25) is 0 Å². The van der Waals surface area contributed by atoms with Gasteiger partial charge in [-0.2, -0.15) is 5.26 Å². The summed E-state index contributed by atoms with van der Waals surface area (Å²) in [5.41, 5.74) is 2.96. The number of rotatable bonds is 4. The van der Waals surface area contributed by atoms with Gasteiger partial charge in [0.05, 0.1) is 11.6 Å². The van der Waals surface area contributed by atoms with Crippen molar-refractivity contribution in [3.8, 4) is 6.07 Å². The first-order valence-electron chi connectivity index (χ1n) is 5.69. The molecule has 0 aliphatic heterocycles. The zero-order chi connectivity index (χ0) is 12.8. The van der Waals surface area contributed by atoms with Crippen LogP contribution in [-0.4, -0.2) is 6.26 Å². The molecule has 3 heteroatoms. The molecule has 0 amide bonds. The van der Waals surface area contributed by atoms with Gasteiger partial charge in [-0.3, -0.25) is 0 Å². The van der Waals surface area contributed by atoms with Crippen LogP contribution in [0, 0.1) is 11.3 Å². The lowest BCUT2D eigenvalue weighted by Gasteiger charge is -2.07. The van der Waals surface area contributed by atoms with Crippen LogP contribution in [0.2, 0.25) is 0 Å². The number of benzene rings is 2. The molecule has 2 nitrogen and oxygen atoms in total. The molecular formula is C15H14N2S. The van der Waals surface area contributed by atoms with E-state index in [2.05, 4.69) is 41.9 Å². The van der Waals surface area contributed by atoms with Crippen molar-refractivity contribution in [1.29, 1.82) is 5.26 Å². The molecule has 0 fully saturated rings. The normalized spacial score (nSPS) is 9.78. The number of nitrogens with zero attached hydrogens (tertiary/aromatic N) is 1. The van der Waals surface area contributed by atoms with Crippen LogP contribution in [0.4, 0.5) is 5.69 Å². The maximum absolute atomic E-state index is 8.71. The van der Waals surface area contributed by atoms with Crippen LogP contribution in [0.15, 0.2) is 53.4 Å². The summed E-state index contributed by atoms with van der Waals surface area (Å²) < 4.78 is 0. The highest BCUT2D eigenvalue weighted by molar-refractivity contribution is 7.98. The van der Waals surface area contributed by atoms with Gasteiger partial charge in [-0.05, 0) is 48.2 Å². The van der Waals surface area contributed by atoms with Crippen LogP contribution in [0.3, 0.4) is 0 Å². The Kier molecular flexibility index (Phi) is 4.27. The number of anilines is 1. The maximum atomic E-state index is 8.71. The smallest absolute Gasteiger partial charge is 0.0991 e. The standard InChI is InChI=1S/C15H14N2S/c1-18-15-8-4-13(5-9-15)11-17-14-6-2-12(10-16)3-7-14/h2-9,17H,11H2,1H3. The second-order valence-electron chi connectivity index (χ2n) is 3.89. The number of thioether (sulfide) groups is 1. The molecule has 2 aromatic carbocycles. The maximum Gasteiger partial charge on any atom is 0.0991 e. The summed E-state index contributed by atoms with van der Waals surface area (Å²) in [6.07, 6.45) is 2.07. The number of nitriles is 1. The molecule has 0 radical (unpaired) electrons. The Hall–Kier alpha value is -1.92. The van der Waals surface area contributed by atoms with Gasteiger partial charge in [0, 0.05) is 17.1 Å². The van der Waals surface area contributed by atoms with Crippen molar-refractivity contribution in [3.05, 3.63) is 59.7 Å². The van der Waals surface area contributed by atoms with Crippen LogP contribution < -0.4 is 5.32 Å². The van der Waals surface area contributed by atoms with Crippen LogP contribution in [-0.2, 0) is 6.54 Å². The lowest BCUT2D eigenvalue weighted by Crippen LogP contribution is -1.98. The van der Waals surface area contributed by atoms with Crippen molar-refractivity contribution in [3.63, 3.8) is 0 Å². The Bertz CT molecular complexity index is 538. The van der Waals surface area contributed by atoms with E-state index in [-0.39, 0.29) is 0 Å². The minimum atomic E-state index is 0.685. The monoisotopic (exact) mass is 254 g/mol. The first kappa shape index (κ1) is 12.5. The average molecular weight is 254 g/mol. The SMILES string of the molecule is CSc1ccc(CNc2ccc(C#N)cc2)cc1. The lowest BCUT2D eigenvalue weighted by molar-refractivity contribution is 1.14. The first-order valence-corrected chi connectivity index (χ1v) is 6.91. The summed E-state index contributed by atoms with van der Waals surface area (Å²) in [5, 5.41) is 12.0. The van der Waals surface area contributed by atoms with Gasteiger partial charge in [-0.1, -0.05) is 12.1 Å². The third-order valence-corrected chi connectivity index (χ3v) is 3.41. The van der Waals surface area contributed by atoms with E-state index in [4.69, 9.17) is 5.26 Å². The van der Waals surface area contributed by atoms with Gasteiger partial charge < -0.3 is 5.32 Å². The highest BCUT2D eigenvalue weighted by Gasteiger charge is 1.96. The van der Waals surface area contributed by atoms with Gasteiger partial charge in [-0.25, -0.2) is 0 Å². The third kappa shape index (κ3) is 3.28. The lowest BCUT2D eigenvalue weighted by atomic mass is 10.2. The fourth-order valence-corrected chi connectivity index (χ4v) is 2.02. The third-order valence-electron chi connectivity index (χ3n) is 2.67. The van der Waals surface area contributed by atoms with E-state index in [1.54, 1.807) is 11.8 Å². The van der Waals surface area contributed by atoms with Gasteiger partial charge >= 0.3 is 0 Å². The molecule has 0 saturated carbocycles. The van der Waals surface area contributed by atoms with Crippen LogP contribution >= 0.6 is 11.8 Å². The van der Waals surface area contributed by atoms with Gasteiger partial charge in [-0.15, -0.1) is 11.8 Å². The topological polar surface area (TPSA) is 35.8 Å². The molecule has 0 spiro atoms. The Morgan fingerprint density at radius 2 is 1.72 bits per heavy atom. The Labute approximate surface area is 112 Å². The molecule has 0 aliphatic rings. The van der Waals surface area contributed by atoms with Gasteiger partial charge in [0.1, 0.15) is 0 Å². The zero-order valence-electron chi connectivity index (χ0n) is 10.2. The fourth-order valence-electron chi connectivity index (χ4n) is 1.61. The summed E-state index contributed by atoms with van der Waals surface area (Å²) >= 11 is 1.75.